The molecule has 2 rings (SSSR count). The molecule has 2 nitrogen and oxygen atoms in total. The smallest absolute Gasteiger partial charge is 0.0265 e. The van der Waals surface area contributed by atoms with Gasteiger partial charge in [-0.3, -0.25) is 0 Å². The van der Waals surface area contributed by atoms with E-state index in [-0.39, 0.29) is 0 Å². The third kappa shape index (κ3) is 5.01. The molecule has 2 atom stereocenters. The Bertz CT molecular complexity index is 208. The lowest BCUT2D eigenvalue weighted by Gasteiger charge is -2.36. The zero-order chi connectivity index (χ0) is 11.9. The van der Waals surface area contributed by atoms with E-state index in [0.29, 0.717) is 0 Å². The fraction of sp³-hybridized carbons (Fsp3) is 1.00. The van der Waals surface area contributed by atoms with Crippen molar-refractivity contribution in [1.82, 2.24) is 10.2 Å². The molecule has 2 aliphatic heterocycles. The first-order valence-corrected chi connectivity index (χ1v) is 9.24. The molecular formula is C13H26N2S2. The second-order valence-electron chi connectivity index (χ2n) is 5.12. The maximum atomic E-state index is 3.68. The van der Waals surface area contributed by atoms with Crippen molar-refractivity contribution in [2.75, 3.05) is 43.4 Å². The summed E-state index contributed by atoms with van der Waals surface area (Å²) in [5.41, 5.74) is 0. The first-order chi connectivity index (χ1) is 8.38. The molecule has 2 aliphatic rings. The van der Waals surface area contributed by atoms with Crippen LogP contribution in [0.2, 0.25) is 0 Å². The average molecular weight is 274 g/mol. The van der Waals surface area contributed by atoms with Crippen LogP contribution < -0.4 is 5.32 Å². The van der Waals surface area contributed by atoms with Crippen molar-refractivity contribution in [3.8, 4) is 0 Å². The third-order valence-electron chi connectivity index (χ3n) is 3.54. The zero-order valence-corrected chi connectivity index (χ0v) is 12.6. The van der Waals surface area contributed by atoms with E-state index in [4.69, 9.17) is 0 Å². The SMILES string of the molecule is CCCNC1CCCN(CC2CSCCS2)C1. The highest BCUT2D eigenvalue weighted by atomic mass is 32.2. The Kier molecular flexibility index (Phi) is 6.54. The Morgan fingerprint density at radius 3 is 3.06 bits per heavy atom. The largest absolute Gasteiger partial charge is 0.313 e. The van der Waals surface area contributed by atoms with Gasteiger partial charge in [-0.1, -0.05) is 6.92 Å². The van der Waals surface area contributed by atoms with Gasteiger partial charge in [0.1, 0.15) is 0 Å². The monoisotopic (exact) mass is 274 g/mol. The minimum atomic E-state index is 0.755. The minimum Gasteiger partial charge on any atom is -0.313 e. The van der Waals surface area contributed by atoms with Gasteiger partial charge in [-0.25, -0.2) is 0 Å². The molecule has 0 aromatic heterocycles. The van der Waals surface area contributed by atoms with E-state index in [1.807, 2.05) is 0 Å². The number of hydrogen-bond donors (Lipinski definition) is 1. The van der Waals surface area contributed by atoms with E-state index in [1.165, 1.54) is 62.7 Å². The first-order valence-electron chi connectivity index (χ1n) is 7.03. The van der Waals surface area contributed by atoms with Crippen LogP contribution in [0.3, 0.4) is 0 Å². The van der Waals surface area contributed by atoms with Gasteiger partial charge >= 0.3 is 0 Å². The van der Waals surface area contributed by atoms with Crippen molar-refractivity contribution in [3.05, 3.63) is 0 Å². The van der Waals surface area contributed by atoms with Crippen molar-refractivity contribution in [1.29, 1.82) is 0 Å². The number of hydrogen-bond acceptors (Lipinski definition) is 4. The highest BCUT2D eigenvalue weighted by Crippen LogP contribution is 2.25. The van der Waals surface area contributed by atoms with Crippen LogP contribution in [0.15, 0.2) is 0 Å². The van der Waals surface area contributed by atoms with Gasteiger partial charge in [0.05, 0.1) is 0 Å². The minimum absolute atomic E-state index is 0.755. The predicted octanol–water partition coefficient (Wildman–Crippen LogP) is 2.30. The molecule has 17 heavy (non-hydrogen) atoms. The van der Waals surface area contributed by atoms with Crippen molar-refractivity contribution in [2.45, 2.75) is 37.5 Å². The van der Waals surface area contributed by atoms with Crippen LogP contribution in [-0.4, -0.2) is 59.6 Å². The predicted molar refractivity (Wildman–Crippen MR) is 81.3 cm³/mol. The van der Waals surface area contributed by atoms with Gasteiger partial charge in [0, 0.05) is 41.6 Å². The first kappa shape index (κ1) is 14.0. The molecule has 4 heteroatoms. The van der Waals surface area contributed by atoms with Crippen LogP contribution in [0.4, 0.5) is 0 Å². The van der Waals surface area contributed by atoms with Gasteiger partial charge in [-0.15, -0.1) is 0 Å². The number of rotatable bonds is 5. The van der Waals surface area contributed by atoms with Crippen LogP contribution in [-0.2, 0) is 0 Å². The van der Waals surface area contributed by atoms with Crippen molar-refractivity contribution in [3.63, 3.8) is 0 Å². The maximum absolute atomic E-state index is 3.68. The van der Waals surface area contributed by atoms with Gasteiger partial charge in [-0.2, -0.15) is 23.5 Å². The number of piperidine rings is 1. The molecule has 0 amide bonds. The summed E-state index contributed by atoms with van der Waals surface area (Å²) in [6.07, 6.45) is 4.01. The van der Waals surface area contributed by atoms with Gasteiger partial charge in [0.2, 0.25) is 0 Å². The highest BCUT2D eigenvalue weighted by molar-refractivity contribution is 8.06. The van der Waals surface area contributed by atoms with Crippen molar-refractivity contribution >= 4 is 23.5 Å². The average Bonchev–Trinajstić information content (AvgIpc) is 2.38. The molecule has 0 aromatic carbocycles. The zero-order valence-electron chi connectivity index (χ0n) is 11.0. The summed E-state index contributed by atoms with van der Waals surface area (Å²) in [5, 5.41) is 4.57. The number of nitrogens with one attached hydrogen (secondary N) is 1. The Labute approximate surface area is 115 Å². The lowest BCUT2D eigenvalue weighted by molar-refractivity contribution is 0.193. The highest BCUT2D eigenvalue weighted by Gasteiger charge is 2.23. The second-order valence-corrected chi connectivity index (χ2v) is 7.68. The molecule has 2 fully saturated rings. The summed E-state index contributed by atoms with van der Waals surface area (Å²) in [7, 11) is 0. The second kappa shape index (κ2) is 7.93. The fourth-order valence-electron chi connectivity index (χ4n) is 2.67. The topological polar surface area (TPSA) is 15.3 Å². The van der Waals surface area contributed by atoms with E-state index in [2.05, 4.69) is 40.7 Å². The molecule has 100 valence electrons. The quantitative estimate of drug-likeness (QED) is 0.827. The molecule has 0 radical (unpaired) electrons. The van der Waals surface area contributed by atoms with E-state index < -0.39 is 0 Å². The Hall–Kier alpha value is 0.620. The van der Waals surface area contributed by atoms with Gasteiger partial charge in [0.25, 0.3) is 0 Å². The van der Waals surface area contributed by atoms with Crippen LogP contribution in [0.5, 0.6) is 0 Å². The Balaban J connectivity index is 1.68. The van der Waals surface area contributed by atoms with E-state index in [1.54, 1.807) is 0 Å². The van der Waals surface area contributed by atoms with Crippen molar-refractivity contribution in [2.24, 2.45) is 0 Å². The molecular weight excluding hydrogens is 248 g/mol. The molecule has 0 spiro atoms. The normalized spacial score (nSPS) is 31.6. The summed E-state index contributed by atoms with van der Waals surface area (Å²) in [6.45, 7) is 7.37. The van der Waals surface area contributed by atoms with Crippen LogP contribution in [0.25, 0.3) is 0 Å². The van der Waals surface area contributed by atoms with E-state index in [9.17, 15) is 0 Å². The number of likely N-dealkylation sites (tertiary alicyclic amines) is 1. The van der Waals surface area contributed by atoms with Gasteiger partial charge in [-0.05, 0) is 32.4 Å². The molecule has 0 saturated carbocycles. The van der Waals surface area contributed by atoms with Crippen molar-refractivity contribution < 1.29 is 0 Å². The number of nitrogens with zero attached hydrogens (tertiary/aromatic N) is 1. The van der Waals surface area contributed by atoms with Crippen LogP contribution in [0, 0.1) is 0 Å². The van der Waals surface area contributed by atoms with Crippen LogP contribution >= 0.6 is 23.5 Å². The molecule has 0 aromatic rings. The standard InChI is InChI=1S/C13H26N2S2/c1-2-5-14-12-4-3-6-15(9-12)10-13-11-16-7-8-17-13/h12-14H,2-11H2,1H3. The van der Waals surface area contributed by atoms with Crippen LogP contribution in [0.1, 0.15) is 26.2 Å². The summed E-state index contributed by atoms with van der Waals surface area (Å²) < 4.78 is 0. The molecule has 2 saturated heterocycles. The fourth-order valence-corrected chi connectivity index (χ4v) is 5.38. The molecule has 2 heterocycles. The summed E-state index contributed by atoms with van der Waals surface area (Å²) in [4.78, 5) is 2.69. The third-order valence-corrected chi connectivity index (χ3v) is 6.36. The lowest BCUT2D eigenvalue weighted by Crippen LogP contribution is -2.48. The Morgan fingerprint density at radius 1 is 1.35 bits per heavy atom. The van der Waals surface area contributed by atoms with Gasteiger partial charge in [0.15, 0.2) is 0 Å². The molecule has 0 aliphatic carbocycles. The summed E-state index contributed by atoms with van der Waals surface area (Å²) in [5.74, 6) is 4.09. The van der Waals surface area contributed by atoms with Gasteiger partial charge < -0.3 is 10.2 Å². The maximum Gasteiger partial charge on any atom is 0.0265 e. The molecule has 1 N–H and O–H groups in total. The number of thioether (sulfide) groups is 2. The summed E-state index contributed by atoms with van der Waals surface area (Å²) in [6, 6.07) is 0.755. The van der Waals surface area contributed by atoms with E-state index in [0.717, 1.165) is 11.3 Å². The van der Waals surface area contributed by atoms with E-state index >= 15 is 0 Å². The summed E-state index contributed by atoms with van der Waals surface area (Å²) >= 11 is 4.34. The Morgan fingerprint density at radius 2 is 2.29 bits per heavy atom. The molecule has 0 bridgehead atoms. The lowest BCUT2D eigenvalue weighted by atomic mass is 10.1. The molecule has 2 unspecified atom stereocenters.